The summed E-state index contributed by atoms with van der Waals surface area (Å²) in [5, 5.41) is 2.76. The van der Waals surface area contributed by atoms with Gasteiger partial charge in [0.1, 0.15) is 0 Å². The number of hydrogen-bond acceptors (Lipinski definition) is 1. The first-order valence-corrected chi connectivity index (χ1v) is 7.41. The van der Waals surface area contributed by atoms with Gasteiger partial charge >= 0.3 is 0 Å². The maximum Gasteiger partial charge on any atom is 0.178 e. The highest BCUT2D eigenvalue weighted by atomic mass is 79.9. The van der Waals surface area contributed by atoms with Crippen LogP contribution in [-0.4, -0.2) is 15.9 Å². The van der Waals surface area contributed by atoms with E-state index in [4.69, 9.17) is 0 Å². The van der Waals surface area contributed by atoms with E-state index >= 15 is 0 Å². The van der Waals surface area contributed by atoms with Crippen LogP contribution in [0.1, 0.15) is 15.9 Å². The summed E-state index contributed by atoms with van der Waals surface area (Å²) in [5.41, 5.74) is 1.85. The molecule has 0 amide bonds. The van der Waals surface area contributed by atoms with Crippen LogP contribution in [0.3, 0.4) is 0 Å². The number of rotatable bonds is 3. The molecule has 2 rings (SSSR count). The van der Waals surface area contributed by atoms with Gasteiger partial charge in [0.2, 0.25) is 0 Å². The molecule has 0 aromatic heterocycles. The number of carbonyl (C=O) groups is 1. The first-order chi connectivity index (χ1) is 8.15. The third-order valence-corrected chi connectivity index (χ3v) is 5.06. The minimum atomic E-state index is -0.174. The molecule has 0 radical (unpaired) electrons. The first kappa shape index (κ1) is 12.8. The fourth-order valence-corrected chi connectivity index (χ4v) is 2.46. The molecule has 17 heavy (non-hydrogen) atoms. The van der Waals surface area contributed by atoms with Crippen LogP contribution in [0.4, 0.5) is 0 Å². The van der Waals surface area contributed by atoms with Gasteiger partial charge in [0.15, 0.2) is 5.78 Å². The van der Waals surface area contributed by atoms with Crippen LogP contribution in [0.15, 0.2) is 36.4 Å². The van der Waals surface area contributed by atoms with Gasteiger partial charge in [-0.15, -0.1) is 0 Å². The molecule has 1 atom stereocenters. The lowest BCUT2D eigenvalue weighted by Gasteiger charge is -2.11. The second-order valence-corrected chi connectivity index (χ2v) is 5.72. The highest BCUT2D eigenvalue weighted by Crippen LogP contribution is 2.25. The molecule has 0 saturated heterocycles. The molecule has 0 saturated carbocycles. The summed E-state index contributed by atoms with van der Waals surface area (Å²) >= 11 is 6.74. The SMILES string of the molecule is Cc1ccc2ccccc2c1C(=O)C(Br)CBr. The van der Waals surface area contributed by atoms with Crippen LogP contribution in [0.25, 0.3) is 10.8 Å². The average Bonchev–Trinajstić information content (AvgIpc) is 2.37. The van der Waals surface area contributed by atoms with Gasteiger partial charge < -0.3 is 0 Å². The summed E-state index contributed by atoms with van der Waals surface area (Å²) in [7, 11) is 0. The molecule has 2 aromatic carbocycles. The Hall–Kier alpha value is -0.670. The molecule has 1 unspecified atom stereocenters. The summed E-state index contributed by atoms with van der Waals surface area (Å²) < 4.78 is 0. The Morgan fingerprint density at radius 2 is 1.94 bits per heavy atom. The number of carbonyl (C=O) groups excluding carboxylic acids is 1. The predicted molar refractivity (Wildman–Crippen MR) is 79.5 cm³/mol. The van der Waals surface area contributed by atoms with Crippen molar-refractivity contribution in [1.82, 2.24) is 0 Å². The minimum Gasteiger partial charge on any atom is -0.293 e. The van der Waals surface area contributed by atoms with E-state index in [0.29, 0.717) is 5.33 Å². The lowest BCUT2D eigenvalue weighted by Crippen LogP contribution is -2.17. The topological polar surface area (TPSA) is 17.1 Å². The smallest absolute Gasteiger partial charge is 0.178 e. The van der Waals surface area contributed by atoms with Gasteiger partial charge in [-0.3, -0.25) is 4.79 Å². The molecule has 0 fully saturated rings. The van der Waals surface area contributed by atoms with E-state index in [-0.39, 0.29) is 10.6 Å². The second kappa shape index (κ2) is 5.32. The molecule has 2 aromatic rings. The first-order valence-electron chi connectivity index (χ1n) is 5.37. The molecule has 0 spiro atoms. The van der Waals surface area contributed by atoms with E-state index in [0.717, 1.165) is 21.9 Å². The zero-order valence-corrected chi connectivity index (χ0v) is 12.6. The Balaban J connectivity index is 2.66. The standard InChI is InChI=1S/C14H12Br2O/c1-9-6-7-10-4-2-3-5-11(10)13(9)14(17)12(16)8-15/h2-7,12H,8H2,1H3. The maximum absolute atomic E-state index is 12.3. The Kier molecular flexibility index (Phi) is 4.00. The van der Waals surface area contributed by atoms with Crippen molar-refractivity contribution in [3.63, 3.8) is 0 Å². The van der Waals surface area contributed by atoms with Crippen molar-refractivity contribution < 1.29 is 4.79 Å². The molecular formula is C14H12Br2O. The predicted octanol–water partition coefficient (Wildman–Crippen LogP) is 4.49. The summed E-state index contributed by atoms with van der Waals surface area (Å²) in [4.78, 5) is 12.2. The number of fused-ring (bicyclic) bond motifs is 1. The number of halogens is 2. The third kappa shape index (κ3) is 2.45. The summed E-state index contributed by atoms with van der Waals surface area (Å²) in [5.74, 6) is 0.135. The van der Waals surface area contributed by atoms with Gasteiger partial charge in [-0.1, -0.05) is 68.3 Å². The van der Waals surface area contributed by atoms with Crippen LogP contribution < -0.4 is 0 Å². The van der Waals surface area contributed by atoms with Crippen LogP contribution in [0.2, 0.25) is 0 Å². The van der Waals surface area contributed by atoms with Gasteiger partial charge in [0, 0.05) is 10.9 Å². The van der Waals surface area contributed by atoms with E-state index in [1.807, 2.05) is 37.3 Å². The zero-order valence-electron chi connectivity index (χ0n) is 9.41. The number of hydrogen-bond donors (Lipinski definition) is 0. The van der Waals surface area contributed by atoms with Crippen molar-refractivity contribution in [3.05, 3.63) is 47.5 Å². The molecule has 0 aliphatic heterocycles. The molecule has 3 heteroatoms. The highest BCUT2D eigenvalue weighted by molar-refractivity contribution is 9.12. The largest absolute Gasteiger partial charge is 0.293 e. The van der Waals surface area contributed by atoms with Crippen molar-refractivity contribution in [2.24, 2.45) is 0 Å². The Bertz CT molecular complexity index is 563. The summed E-state index contributed by atoms with van der Waals surface area (Å²) in [6.07, 6.45) is 0. The monoisotopic (exact) mass is 354 g/mol. The molecule has 0 N–H and O–H groups in total. The summed E-state index contributed by atoms with van der Waals surface area (Å²) in [6.45, 7) is 1.98. The van der Waals surface area contributed by atoms with Crippen molar-refractivity contribution in [2.75, 3.05) is 5.33 Å². The quantitative estimate of drug-likeness (QED) is 0.585. The van der Waals surface area contributed by atoms with E-state index in [9.17, 15) is 4.79 Å². The van der Waals surface area contributed by atoms with Gasteiger partial charge in [0.25, 0.3) is 0 Å². The fraction of sp³-hybridized carbons (Fsp3) is 0.214. The maximum atomic E-state index is 12.3. The van der Waals surface area contributed by atoms with Crippen LogP contribution in [-0.2, 0) is 0 Å². The number of ketones is 1. The van der Waals surface area contributed by atoms with E-state index in [1.54, 1.807) is 0 Å². The van der Waals surface area contributed by atoms with Gasteiger partial charge in [-0.25, -0.2) is 0 Å². The lowest BCUT2D eigenvalue weighted by atomic mass is 9.96. The molecule has 88 valence electrons. The van der Waals surface area contributed by atoms with E-state index in [1.165, 1.54) is 0 Å². The van der Waals surface area contributed by atoms with Gasteiger partial charge in [0.05, 0.1) is 4.83 Å². The second-order valence-electron chi connectivity index (χ2n) is 3.96. The molecule has 0 bridgehead atoms. The zero-order chi connectivity index (χ0) is 12.4. The summed E-state index contributed by atoms with van der Waals surface area (Å²) in [6, 6.07) is 12.0. The average molecular weight is 356 g/mol. The van der Waals surface area contributed by atoms with Crippen LogP contribution in [0, 0.1) is 6.92 Å². The van der Waals surface area contributed by atoms with Gasteiger partial charge in [-0.2, -0.15) is 0 Å². The Labute approximate surface area is 117 Å². The molecule has 0 aliphatic carbocycles. The normalized spacial score (nSPS) is 12.6. The fourth-order valence-electron chi connectivity index (χ4n) is 1.93. The number of alkyl halides is 2. The van der Waals surface area contributed by atoms with Crippen molar-refractivity contribution >= 4 is 48.4 Å². The van der Waals surface area contributed by atoms with E-state index in [2.05, 4.69) is 37.9 Å². The van der Waals surface area contributed by atoms with Gasteiger partial charge in [-0.05, 0) is 23.3 Å². The molecule has 1 nitrogen and oxygen atoms in total. The van der Waals surface area contributed by atoms with Crippen molar-refractivity contribution in [3.8, 4) is 0 Å². The number of benzene rings is 2. The lowest BCUT2D eigenvalue weighted by molar-refractivity contribution is 0.0998. The van der Waals surface area contributed by atoms with Crippen molar-refractivity contribution in [2.45, 2.75) is 11.8 Å². The Morgan fingerprint density at radius 1 is 1.24 bits per heavy atom. The van der Waals surface area contributed by atoms with Crippen molar-refractivity contribution in [1.29, 1.82) is 0 Å². The minimum absolute atomic E-state index is 0.135. The molecular weight excluding hydrogens is 344 g/mol. The van der Waals surface area contributed by atoms with Crippen LogP contribution in [0.5, 0.6) is 0 Å². The van der Waals surface area contributed by atoms with E-state index < -0.39 is 0 Å². The highest BCUT2D eigenvalue weighted by Gasteiger charge is 2.19. The number of Topliss-reactive ketones (excluding diaryl/α,β-unsaturated/α-hetero) is 1. The number of aryl methyl sites for hydroxylation is 1. The molecule has 0 aliphatic rings. The Morgan fingerprint density at radius 3 is 2.65 bits per heavy atom. The third-order valence-electron chi connectivity index (χ3n) is 2.80. The van der Waals surface area contributed by atoms with Crippen LogP contribution >= 0.6 is 31.9 Å². The molecule has 0 heterocycles.